The topological polar surface area (TPSA) is 49.9 Å². The monoisotopic (exact) mass is 456 g/mol. The predicted molar refractivity (Wildman–Crippen MR) is 104 cm³/mol. The Morgan fingerprint density at radius 2 is 1.74 bits per heavy atom. The summed E-state index contributed by atoms with van der Waals surface area (Å²) in [5.74, 6) is -1.77. The van der Waals surface area contributed by atoms with Gasteiger partial charge in [-0.3, -0.25) is 9.59 Å². The molecule has 2 aromatic carbocycles. The minimum atomic E-state index is -4.46. The van der Waals surface area contributed by atoms with Gasteiger partial charge in [0.25, 0.3) is 5.91 Å². The zero-order valence-electron chi connectivity index (χ0n) is 16.0. The van der Waals surface area contributed by atoms with Gasteiger partial charge in [-0.1, -0.05) is 23.7 Å². The van der Waals surface area contributed by atoms with Crippen LogP contribution in [0.2, 0.25) is 5.02 Å². The number of halogens is 5. The van der Waals surface area contributed by atoms with Gasteiger partial charge in [-0.2, -0.15) is 13.2 Å². The fraction of sp³-hybridized carbons (Fsp3) is 0.333. The molecule has 0 bridgehead atoms. The summed E-state index contributed by atoms with van der Waals surface area (Å²) < 4.78 is 57.5. The fourth-order valence-corrected chi connectivity index (χ4v) is 3.82. The van der Waals surface area contributed by atoms with Gasteiger partial charge in [0.15, 0.2) is 0 Å². The summed E-state index contributed by atoms with van der Waals surface area (Å²) >= 11 is 5.71. The van der Waals surface area contributed by atoms with Crippen molar-refractivity contribution in [3.8, 4) is 0 Å². The van der Waals surface area contributed by atoms with Crippen LogP contribution in [0.25, 0.3) is 0 Å². The standard InChI is InChI=1S/C21H17ClF4N2O3/c22-16-6-5-15(7-17(16)23)27-9-18(29)28(19(20(27)30)13-10-31-11-13)8-12-1-3-14(4-2-12)21(24,25)26/h1-7,13,19H,8-11H2/t19-/m1/s1. The summed E-state index contributed by atoms with van der Waals surface area (Å²) in [6.45, 7) is 0.212. The second kappa shape index (κ2) is 8.12. The molecule has 2 heterocycles. The van der Waals surface area contributed by atoms with E-state index in [-0.39, 0.29) is 42.9 Å². The predicted octanol–water partition coefficient (Wildman–Crippen LogP) is 3.89. The molecule has 2 amide bonds. The molecule has 5 nitrogen and oxygen atoms in total. The molecule has 0 saturated carbocycles. The van der Waals surface area contributed by atoms with E-state index in [0.717, 1.165) is 18.2 Å². The van der Waals surface area contributed by atoms with Gasteiger partial charge in [-0.05, 0) is 35.9 Å². The number of carbonyl (C=O) groups is 2. The molecule has 2 aliphatic heterocycles. The maximum Gasteiger partial charge on any atom is 0.416 e. The highest BCUT2D eigenvalue weighted by Crippen LogP contribution is 2.32. The number of hydrogen-bond donors (Lipinski definition) is 0. The largest absolute Gasteiger partial charge is 0.416 e. The number of anilines is 1. The minimum Gasteiger partial charge on any atom is -0.380 e. The summed E-state index contributed by atoms with van der Waals surface area (Å²) in [7, 11) is 0. The zero-order chi connectivity index (χ0) is 22.3. The molecule has 31 heavy (non-hydrogen) atoms. The lowest BCUT2D eigenvalue weighted by Crippen LogP contribution is -2.64. The molecule has 2 aliphatic rings. The average Bonchev–Trinajstić information content (AvgIpc) is 2.67. The van der Waals surface area contributed by atoms with Crippen LogP contribution in [-0.4, -0.2) is 42.5 Å². The van der Waals surface area contributed by atoms with E-state index in [0.29, 0.717) is 5.56 Å². The normalized spacial score (nSPS) is 20.2. The van der Waals surface area contributed by atoms with Crippen LogP contribution in [0.4, 0.5) is 23.2 Å². The molecule has 2 fully saturated rings. The van der Waals surface area contributed by atoms with Crippen molar-refractivity contribution in [3.63, 3.8) is 0 Å². The summed E-state index contributed by atoms with van der Waals surface area (Å²) in [6.07, 6.45) is -4.46. The Kier molecular flexibility index (Phi) is 5.65. The molecule has 10 heteroatoms. The minimum absolute atomic E-state index is 0.0211. The van der Waals surface area contributed by atoms with Gasteiger partial charge < -0.3 is 14.5 Å². The van der Waals surface area contributed by atoms with Gasteiger partial charge in [0.1, 0.15) is 18.4 Å². The average molecular weight is 457 g/mol. The second-order valence-electron chi connectivity index (χ2n) is 7.48. The van der Waals surface area contributed by atoms with Crippen LogP contribution < -0.4 is 4.90 Å². The quantitative estimate of drug-likeness (QED) is 0.656. The van der Waals surface area contributed by atoms with Crippen LogP contribution >= 0.6 is 11.6 Å². The van der Waals surface area contributed by atoms with E-state index in [2.05, 4.69) is 0 Å². The zero-order valence-corrected chi connectivity index (χ0v) is 16.8. The number of carbonyl (C=O) groups excluding carboxylic acids is 2. The third-order valence-corrected chi connectivity index (χ3v) is 5.73. The van der Waals surface area contributed by atoms with Crippen molar-refractivity contribution < 1.29 is 31.9 Å². The number of ether oxygens (including phenoxy) is 1. The van der Waals surface area contributed by atoms with Crippen LogP contribution in [0.1, 0.15) is 11.1 Å². The van der Waals surface area contributed by atoms with E-state index >= 15 is 0 Å². The third-order valence-electron chi connectivity index (χ3n) is 5.43. The number of amides is 2. The van der Waals surface area contributed by atoms with E-state index in [9.17, 15) is 27.2 Å². The molecule has 0 unspecified atom stereocenters. The van der Waals surface area contributed by atoms with Crippen molar-refractivity contribution in [1.82, 2.24) is 4.90 Å². The van der Waals surface area contributed by atoms with Crippen LogP contribution in [0, 0.1) is 11.7 Å². The van der Waals surface area contributed by atoms with Crippen LogP contribution in [-0.2, 0) is 27.0 Å². The Balaban J connectivity index is 1.60. The van der Waals surface area contributed by atoms with Gasteiger partial charge >= 0.3 is 6.18 Å². The Hall–Kier alpha value is -2.65. The smallest absolute Gasteiger partial charge is 0.380 e. The third kappa shape index (κ3) is 4.24. The van der Waals surface area contributed by atoms with E-state index in [1.807, 2.05) is 0 Å². The maximum absolute atomic E-state index is 13.9. The number of alkyl halides is 3. The molecule has 4 rings (SSSR count). The van der Waals surface area contributed by atoms with Crippen LogP contribution in [0.3, 0.4) is 0 Å². The molecule has 0 aromatic heterocycles. The van der Waals surface area contributed by atoms with Crippen molar-refractivity contribution in [2.24, 2.45) is 5.92 Å². The summed E-state index contributed by atoms with van der Waals surface area (Å²) in [5.41, 5.74) is -0.123. The van der Waals surface area contributed by atoms with E-state index in [1.54, 1.807) is 0 Å². The highest BCUT2D eigenvalue weighted by atomic mass is 35.5. The Bertz CT molecular complexity index is 1010. The molecular weight excluding hydrogens is 440 g/mol. The van der Waals surface area contributed by atoms with E-state index < -0.39 is 35.4 Å². The fourth-order valence-electron chi connectivity index (χ4n) is 3.70. The lowest BCUT2D eigenvalue weighted by molar-refractivity contribution is -0.154. The van der Waals surface area contributed by atoms with Crippen LogP contribution in [0.5, 0.6) is 0 Å². The molecular formula is C21H17ClF4N2O3. The lowest BCUT2D eigenvalue weighted by atomic mass is 9.92. The number of hydrogen-bond acceptors (Lipinski definition) is 3. The van der Waals surface area contributed by atoms with E-state index in [4.69, 9.17) is 16.3 Å². The summed E-state index contributed by atoms with van der Waals surface area (Å²) in [5, 5.41) is -0.104. The van der Waals surface area contributed by atoms with Crippen molar-refractivity contribution >= 4 is 29.1 Å². The molecule has 1 atom stereocenters. The lowest BCUT2D eigenvalue weighted by Gasteiger charge is -2.45. The first-order chi connectivity index (χ1) is 14.6. The number of piperazine rings is 1. The van der Waals surface area contributed by atoms with Gasteiger partial charge in [0.05, 0.1) is 23.8 Å². The highest BCUT2D eigenvalue weighted by Gasteiger charge is 2.46. The SMILES string of the molecule is O=C1[C@@H](C2COC2)N(Cc2ccc(C(F)(F)F)cc2)C(=O)CN1c1ccc(Cl)c(F)c1. The summed E-state index contributed by atoms with van der Waals surface area (Å²) in [6, 6.07) is 7.44. The molecule has 0 radical (unpaired) electrons. The Morgan fingerprint density at radius 1 is 1.06 bits per heavy atom. The van der Waals surface area contributed by atoms with Crippen molar-refractivity contribution in [2.45, 2.75) is 18.8 Å². The van der Waals surface area contributed by atoms with Crippen molar-refractivity contribution in [1.29, 1.82) is 0 Å². The Morgan fingerprint density at radius 3 is 2.29 bits per heavy atom. The molecule has 0 N–H and O–H groups in total. The van der Waals surface area contributed by atoms with Gasteiger partial charge in [-0.15, -0.1) is 0 Å². The highest BCUT2D eigenvalue weighted by molar-refractivity contribution is 6.30. The van der Waals surface area contributed by atoms with Crippen molar-refractivity contribution in [3.05, 3.63) is 64.4 Å². The van der Waals surface area contributed by atoms with Crippen LogP contribution in [0.15, 0.2) is 42.5 Å². The van der Waals surface area contributed by atoms with Gasteiger partial charge in [0, 0.05) is 18.2 Å². The summed E-state index contributed by atoms with van der Waals surface area (Å²) in [4.78, 5) is 28.8. The molecule has 2 saturated heterocycles. The molecule has 0 spiro atoms. The number of rotatable bonds is 4. The van der Waals surface area contributed by atoms with E-state index in [1.165, 1.54) is 34.1 Å². The van der Waals surface area contributed by atoms with Gasteiger partial charge in [0.2, 0.25) is 5.91 Å². The molecule has 2 aromatic rings. The van der Waals surface area contributed by atoms with Crippen molar-refractivity contribution in [2.75, 3.05) is 24.7 Å². The maximum atomic E-state index is 13.9. The number of nitrogens with zero attached hydrogens (tertiary/aromatic N) is 2. The second-order valence-corrected chi connectivity index (χ2v) is 7.89. The first-order valence-corrected chi connectivity index (χ1v) is 9.82. The first kappa shape index (κ1) is 21.6. The number of benzene rings is 2. The molecule has 164 valence electrons. The Labute approximate surface area is 180 Å². The first-order valence-electron chi connectivity index (χ1n) is 9.45. The van der Waals surface area contributed by atoms with Gasteiger partial charge in [-0.25, -0.2) is 4.39 Å². The molecule has 0 aliphatic carbocycles.